The quantitative estimate of drug-likeness (QED) is 0.663. The molecule has 3 rings (SSSR count). The lowest BCUT2D eigenvalue weighted by Crippen LogP contribution is -2.16. The lowest BCUT2D eigenvalue weighted by atomic mass is 10.3. The van der Waals surface area contributed by atoms with Crippen molar-refractivity contribution in [3.63, 3.8) is 0 Å². The maximum atomic E-state index is 12.7. The van der Waals surface area contributed by atoms with Crippen LogP contribution in [0.5, 0.6) is 0 Å². The first-order chi connectivity index (χ1) is 10.9. The van der Waals surface area contributed by atoms with Gasteiger partial charge in [0.1, 0.15) is 11.4 Å². The maximum absolute atomic E-state index is 12.7. The number of rotatable bonds is 3. The first kappa shape index (κ1) is 15.9. The van der Waals surface area contributed by atoms with Crippen molar-refractivity contribution in [2.24, 2.45) is 0 Å². The van der Waals surface area contributed by atoms with E-state index in [1.165, 1.54) is 18.3 Å². The van der Waals surface area contributed by atoms with Gasteiger partial charge in [0, 0.05) is 0 Å². The van der Waals surface area contributed by atoms with Crippen LogP contribution in [-0.4, -0.2) is 27.6 Å². The molecule has 0 aliphatic heterocycles. The Bertz CT molecular complexity index is 972. The van der Waals surface area contributed by atoms with E-state index in [2.05, 4.69) is 15.1 Å². The molecular formula is C14H10Cl2N4O2S. The molecule has 0 aliphatic carbocycles. The topological polar surface area (TPSA) is 77.7 Å². The van der Waals surface area contributed by atoms with Crippen LogP contribution in [0.15, 0.2) is 47.5 Å². The van der Waals surface area contributed by atoms with Crippen molar-refractivity contribution in [3.05, 3.63) is 58.6 Å². The summed E-state index contributed by atoms with van der Waals surface area (Å²) >= 11 is 11.8. The molecule has 0 saturated carbocycles. The van der Waals surface area contributed by atoms with Crippen molar-refractivity contribution < 1.29 is 8.42 Å². The minimum absolute atomic E-state index is 0.00233. The molecular weight excluding hydrogens is 359 g/mol. The van der Waals surface area contributed by atoms with Gasteiger partial charge in [-0.2, -0.15) is 17.6 Å². The van der Waals surface area contributed by atoms with Gasteiger partial charge >= 0.3 is 0 Å². The van der Waals surface area contributed by atoms with Crippen molar-refractivity contribution in [1.29, 1.82) is 0 Å². The van der Waals surface area contributed by atoms with Crippen LogP contribution in [0.1, 0.15) is 5.69 Å². The molecule has 0 bridgehead atoms. The van der Waals surface area contributed by atoms with Gasteiger partial charge in [0.25, 0.3) is 10.0 Å². The highest BCUT2D eigenvalue weighted by Gasteiger charge is 2.22. The number of hydrogen-bond donors (Lipinski definition) is 0. The van der Waals surface area contributed by atoms with Gasteiger partial charge in [0.2, 0.25) is 5.28 Å². The normalized spacial score (nSPS) is 11.6. The van der Waals surface area contributed by atoms with Gasteiger partial charge in [0.15, 0.2) is 0 Å². The molecule has 0 aliphatic rings. The van der Waals surface area contributed by atoms with E-state index in [4.69, 9.17) is 23.2 Å². The third-order valence-corrected chi connectivity index (χ3v) is 5.22. The second kappa shape index (κ2) is 5.92. The molecule has 0 fully saturated rings. The molecule has 0 amide bonds. The van der Waals surface area contributed by atoms with Crippen molar-refractivity contribution in [1.82, 2.24) is 19.2 Å². The summed E-state index contributed by atoms with van der Waals surface area (Å²) < 4.78 is 26.3. The highest BCUT2D eigenvalue weighted by Crippen LogP contribution is 2.27. The van der Waals surface area contributed by atoms with Gasteiger partial charge in [-0.3, -0.25) is 0 Å². The highest BCUT2D eigenvalue weighted by atomic mass is 35.5. The molecule has 9 heteroatoms. The SMILES string of the molecule is Cc1cc(-c2nc(Cl)ncc2Cl)nn1S(=O)(=O)c1ccccc1. The largest absolute Gasteiger partial charge is 0.283 e. The zero-order valence-corrected chi connectivity index (χ0v) is 14.1. The van der Waals surface area contributed by atoms with Gasteiger partial charge in [-0.25, -0.2) is 9.97 Å². The molecule has 0 radical (unpaired) electrons. The Labute approximate surface area is 142 Å². The lowest BCUT2D eigenvalue weighted by Gasteiger charge is -2.06. The van der Waals surface area contributed by atoms with Crippen LogP contribution in [0.3, 0.4) is 0 Å². The van der Waals surface area contributed by atoms with Crippen molar-refractivity contribution in [2.45, 2.75) is 11.8 Å². The molecule has 23 heavy (non-hydrogen) atoms. The standard InChI is InChI=1S/C14H10Cl2N4O2S/c1-9-7-12(13-11(15)8-17-14(16)18-13)19-20(9)23(21,22)10-5-3-2-4-6-10/h2-8H,1H3. The summed E-state index contributed by atoms with van der Waals surface area (Å²) in [6.45, 7) is 1.63. The van der Waals surface area contributed by atoms with E-state index in [1.54, 1.807) is 31.2 Å². The molecule has 0 N–H and O–H groups in total. The number of halogens is 2. The minimum Gasteiger partial charge on any atom is -0.225 e. The van der Waals surface area contributed by atoms with Gasteiger partial charge in [-0.1, -0.05) is 29.8 Å². The van der Waals surface area contributed by atoms with Crippen LogP contribution >= 0.6 is 23.2 Å². The molecule has 0 saturated heterocycles. The maximum Gasteiger partial charge on any atom is 0.283 e. The first-order valence-electron chi connectivity index (χ1n) is 6.45. The van der Waals surface area contributed by atoms with E-state index in [-0.39, 0.29) is 20.9 Å². The second-order valence-electron chi connectivity index (χ2n) is 4.67. The molecule has 0 atom stereocenters. The summed E-state index contributed by atoms with van der Waals surface area (Å²) in [5.74, 6) is 0. The molecule has 2 heterocycles. The zero-order valence-electron chi connectivity index (χ0n) is 11.8. The molecule has 3 aromatic rings. The van der Waals surface area contributed by atoms with E-state index >= 15 is 0 Å². The molecule has 0 spiro atoms. The fraction of sp³-hybridized carbons (Fsp3) is 0.0714. The van der Waals surface area contributed by atoms with E-state index < -0.39 is 10.0 Å². The Balaban J connectivity index is 2.14. The van der Waals surface area contributed by atoms with Gasteiger partial charge in [-0.15, -0.1) is 0 Å². The average Bonchev–Trinajstić information content (AvgIpc) is 2.93. The first-order valence-corrected chi connectivity index (χ1v) is 8.65. The Kier molecular flexibility index (Phi) is 4.09. The van der Waals surface area contributed by atoms with Crippen LogP contribution in [0, 0.1) is 6.92 Å². The lowest BCUT2D eigenvalue weighted by molar-refractivity contribution is 0.578. The van der Waals surface area contributed by atoms with Crippen LogP contribution in [0.4, 0.5) is 0 Å². The minimum atomic E-state index is -3.79. The number of aromatic nitrogens is 4. The summed E-state index contributed by atoms with van der Waals surface area (Å²) in [6.07, 6.45) is 1.34. The fourth-order valence-corrected chi connectivity index (χ4v) is 3.68. The van der Waals surface area contributed by atoms with Crippen molar-refractivity contribution >= 4 is 33.2 Å². The average molecular weight is 369 g/mol. The second-order valence-corrected chi connectivity index (χ2v) is 7.18. The van der Waals surface area contributed by atoms with Crippen LogP contribution in [-0.2, 0) is 10.0 Å². The van der Waals surface area contributed by atoms with Crippen LogP contribution in [0.2, 0.25) is 10.3 Å². The number of nitrogens with zero attached hydrogens (tertiary/aromatic N) is 4. The fourth-order valence-electron chi connectivity index (χ4n) is 2.04. The smallest absolute Gasteiger partial charge is 0.225 e. The molecule has 118 valence electrons. The molecule has 1 aromatic carbocycles. The molecule has 2 aromatic heterocycles. The third kappa shape index (κ3) is 2.95. The van der Waals surface area contributed by atoms with Gasteiger partial charge < -0.3 is 0 Å². The number of hydrogen-bond acceptors (Lipinski definition) is 5. The summed E-state index contributed by atoms with van der Waals surface area (Å²) in [7, 11) is -3.79. The van der Waals surface area contributed by atoms with Crippen molar-refractivity contribution in [3.8, 4) is 11.4 Å². The Morgan fingerprint density at radius 3 is 2.52 bits per heavy atom. The van der Waals surface area contributed by atoms with Gasteiger partial charge in [0.05, 0.1) is 21.8 Å². The Morgan fingerprint density at radius 1 is 1.13 bits per heavy atom. The monoisotopic (exact) mass is 368 g/mol. The predicted octanol–water partition coefficient (Wildman–Crippen LogP) is 3.19. The van der Waals surface area contributed by atoms with Crippen LogP contribution in [0.25, 0.3) is 11.4 Å². The van der Waals surface area contributed by atoms with Gasteiger partial charge in [-0.05, 0) is 36.7 Å². The summed E-state index contributed by atoms with van der Waals surface area (Å²) in [5, 5.41) is 4.36. The van der Waals surface area contributed by atoms with Crippen molar-refractivity contribution in [2.75, 3.05) is 0 Å². The molecule has 6 nitrogen and oxygen atoms in total. The Hall–Kier alpha value is -1.96. The van der Waals surface area contributed by atoms with E-state index in [9.17, 15) is 8.42 Å². The third-order valence-electron chi connectivity index (χ3n) is 3.07. The Morgan fingerprint density at radius 2 is 1.83 bits per heavy atom. The number of benzene rings is 1. The summed E-state index contributed by atoms with van der Waals surface area (Å²) in [4.78, 5) is 7.91. The summed E-state index contributed by atoms with van der Waals surface area (Å²) in [5.41, 5.74) is 1.00. The predicted molar refractivity (Wildman–Crippen MR) is 87.0 cm³/mol. The number of aryl methyl sites for hydroxylation is 1. The summed E-state index contributed by atoms with van der Waals surface area (Å²) in [6, 6.07) is 9.62. The van der Waals surface area contributed by atoms with E-state index in [1.807, 2.05) is 0 Å². The van der Waals surface area contributed by atoms with E-state index in [0.29, 0.717) is 11.4 Å². The molecule has 0 unspecified atom stereocenters. The highest BCUT2D eigenvalue weighted by molar-refractivity contribution is 7.89. The van der Waals surface area contributed by atoms with E-state index in [0.717, 1.165) is 4.09 Å². The zero-order chi connectivity index (χ0) is 16.6. The van der Waals surface area contributed by atoms with Crippen LogP contribution < -0.4 is 0 Å².